The van der Waals surface area contributed by atoms with Gasteiger partial charge in [0.1, 0.15) is 0 Å². The normalized spacial score (nSPS) is 20.9. The van der Waals surface area contributed by atoms with Crippen LogP contribution in [-0.2, 0) is 14.4 Å². The van der Waals surface area contributed by atoms with Crippen LogP contribution in [0.1, 0.15) is 32.6 Å². The summed E-state index contributed by atoms with van der Waals surface area (Å²) in [6.45, 7) is 2.69. The number of hydrogen-bond donors (Lipinski definition) is 2. The molecule has 7 nitrogen and oxygen atoms in total. The third kappa shape index (κ3) is 4.15. The molecule has 1 heterocycles. The van der Waals surface area contributed by atoms with Crippen molar-refractivity contribution in [3.05, 3.63) is 24.3 Å². The number of anilines is 2. The SMILES string of the molecule is C[C@H](N)C(=O)NC1C(=O)N(CC2CC2)c2ccccc2N(CC2CC2)C1=O.Cl. The number of halogens is 1. The Morgan fingerprint density at radius 3 is 1.82 bits per heavy atom. The average Bonchev–Trinajstić information content (AvgIpc) is 3.55. The molecular formula is C20H27ClN4O3. The van der Waals surface area contributed by atoms with Gasteiger partial charge in [0.25, 0.3) is 11.8 Å². The van der Waals surface area contributed by atoms with Crippen molar-refractivity contribution in [3.8, 4) is 0 Å². The maximum Gasteiger partial charge on any atom is 0.259 e. The Balaban J connectivity index is 0.00000225. The second-order valence-electron chi connectivity index (χ2n) is 8.00. The summed E-state index contributed by atoms with van der Waals surface area (Å²) in [4.78, 5) is 42.2. The van der Waals surface area contributed by atoms with Gasteiger partial charge in [-0.2, -0.15) is 0 Å². The largest absolute Gasteiger partial charge is 0.335 e. The lowest BCUT2D eigenvalue weighted by Gasteiger charge is -2.25. The molecule has 1 aromatic rings. The lowest BCUT2D eigenvalue weighted by Crippen LogP contribution is -2.58. The number of carbonyl (C=O) groups excluding carboxylic acids is 3. The van der Waals surface area contributed by atoms with E-state index >= 15 is 0 Å². The Labute approximate surface area is 171 Å². The molecule has 3 N–H and O–H groups in total. The maximum absolute atomic E-state index is 13.3. The summed E-state index contributed by atoms with van der Waals surface area (Å²) < 4.78 is 0. The molecular weight excluding hydrogens is 380 g/mol. The van der Waals surface area contributed by atoms with E-state index in [0.717, 1.165) is 37.1 Å². The number of rotatable bonds is 6. The van der Waals surface area contributed by atoms with E-state index in [0.29, 0.717) is 24.9 Å². The monoisotopic (exact) mass is 406 g/mol. The number of benzene rings is 1. The molecule has 0 radical (unpaired) electrons. The lowest BCUT2D eigenvalue weighted by molar-refractivity contribution is -0.134. The third-order valence-electron chi connectivity index (χ3n) is 5.46. The van der Waals surface area contributed by atoms with Crippen molar-refractivity contribution in [2.24, 2.45) is 17.6 Å². The summed E-state index contributed by atoms with van der Waals surface area (Å²) >= 11 is 0. The van der Waals surface area contributed by atoms with Gasteiger partial charge in [-0.25, -0.2) is 0 Å². The van der Waals surface area contributed by atoms with Crippen LogP contribution < -0.4 is 20.9 Å². The molecule has 2 saturated carbocycles. The standard InChI is InChI=1S/C20H26N4O3.ClH/c1-12(21)18(25)22-17-19(26)23(10-13-6-7-13)15-4-2-3-5-16(15)24(20(17)27)11-14-8-9-14;/h2-5,12-14,17H,6-11,21H2,1H3,(H,22,25);1H/t12-;/m0./s1. The Kier molecular flexibility index (Phi) is 5.95. The predicted octanol–water partition coefficient (Wildman–Crippen LogP) is 1.44. The van der Waals surface area contributed by atoms with Crippen LogP contribution in [0.15, 0.2) is 24.3 Å². The average molecular weight is 407 g/mol. The van der Waals surface area contributed by atoms with Gasteiger partial charge in [0.2, 0.25) is 5.91 Å². The fourth-order valence-electron chi connectivity index (χ4n) is 3.47. The van der Waals surface area contributed by atoms with Crippen LogP contribution in [0.4, 0.5) is 11.4 Å². The molecule has 1 aliphatic heterocycles. The van der Waals surface area contributed by atoms with E-state index in [1.165, 1.54) is 0 Å². The molecule has 4 rings (SSSR count). The maximum atomic E-state index is 13.3. The third-order valence-corrected chi connectivity index (χ3v) is 5.46. The molecule has 1 atom stereocenters. The lowest BCUT2D eigenvalue weighted by atomic mass is 10.2. The van der Waals surface area contributed by atoms with Crippen LogP contribution >= 0.6 is 12.4 Å². The van der Waals surface area contributed by atoms with E-state index in [1.807, 2.05) is 24.3 Å². The summed E-state index contributed by atoms with van der Waals surface area (Å²) in [6.07, 6.45) is 4.34. The van der Waals surface area contributed by atoms with E-state index in [9.17, 15) is 14.4 Å². The van der Waals surface area contributed by atoms with E-state index in [2.05, 4.69) is 5.32 Å². The molecule has 0 unspecified atom stereocenters. The zero-order valence-electron chi connectivity index (χ0n) is 16.0. The highest BCUT2D eigenvalue weighted by Gasteiger charge is 2.44. The quantitative estimate of drug-likeness (QED) is 0.699. The predicted molar refractivity (Wildman–Crippen MR) is 109 cm³/mol. The fraction of sp³-hybridized carbons (Fsp3) is 0.550. The number of nitrogens with two attached hydrogens (primary N) is 1. The molecule has 28 heavy (non-hydrogen) atoms. The molecule has 1 aromatic carbocycles. The van der Waals surface area contributed by atoms with Gasteiger partial charge >= 0.3 is 0 Å². The Morgan fingerprint density at radius 2 is 1.46 bits per heavy atom. The summed E-state index contributed by atoms with van der Waals surface area (Å²) in [7, 11) is 0. The van der Waals surface area contributed by atoms with Crippen LogP contribution in [-0.4, -0.2) is 42.9 Å². The van der Waals surface area contributed by atoms with Crippen molar-refractivity contribution in [1.82, 2.24) is 5.32 Å². The first-order valence-corrected chi connectivity index (χ1v) is 9.73. The highest BCUT2D eigenvalue weighted by atomic mass is 35.5. The zero-order valence-corrected chi connectivity index (χ0v) is 16.8. The van der Waals surface area contributed by atoms with Crippen molar-refractivity contribution in [1.29, 1.82) is 0 Å². The second kappa shape index (κ2) is 8.09. The van der Waals surface area contributed by atoms with Crippen LogP contribution in [0.3, 0.4) is 0 Å². The van der Waals surface area contributed by atoms with Crippen LogP contribution in [0.2, 0.25) is 0 Å². The van der Waals surface area contributed by atoms with Crippen LogP contribution in [0, 0.1) is 11.8 Å². The number of fused-ring (bicyclic) bond motifs is 1. The van der Waals surface area contributed by atoms with Crippen molar-refractivity contribution >= 4 is 41.5 Å². The van der Waals surface area contributed by atoms with Crippen LogP contribution in [0.25, 0.3) is 0 Å². The molecule has 0 aromatic heterocycles. The molecule has 3 amide bonds. The van der Waals surface area contributed by atoms with Crippen molar-refractivity contribution < 1.29 is 14.4 Å². The first kappa shape index (κ1) is 20.6. The molecule has 152 valence electrons. The molecule has 0 saturated heterocycles. The summed E-state index contributed by atoms with van der Waals surface area (Å²) in [5.74, 6) is -0.322. The Bertz CT molecular complexity index is 723. The topological polar surface area (TPSA) is 95.7 Å². The minimum absolute atomic E-state index is 0. The Hall–Kier alpha value is -2.12. The fourth-order valence-corrected chi connectivity index (χ4v) is 3.47. The van der Waals surface area contributed by atoms with Gasteiger partial charge in [0, 0.05) is 13.1 Å². The number of carbonyl (C=O) groups is 3. The minimum Gasteiger partial charge on any atom is -0.335 e. The highest BCUT2D eigenvalue weighted by Crippen LogP contribution is 2.39. The summed E-state index contributed by atoms with van der Waals surface area (Å²) in [5.41, 5.74) is 7.16. The number of para-hydroxylation sites is 2. The van der Waals surface area contributed by atoms with Gasteiger partial charge in [-0.1, -0.05) is 12.1 Å². The van der Waals surface area contributed by atoms with Gasteiger partial charge in [-0.3, -0.25) is 14.4 Å². The molecule has 0 bridgehead atoms. The van der Waals surface area contributed by atoms with Crippen molar-refractivity contribution in [2.45, 2.75) is 44.7 Å². The molecule has 2 fully saturated rings. The molecule has 3 aliphatic rings. The van der Waals surface area contributed by atoms with Gasteiger partial charge < -0.3 is 20.9 Å². The highest BCUT2D eigenvalue weighted by molar-refractivity contribution is 6.21. The van der Waals surface area contributed by atoms with Gasteiger partial charge in [-0.05, 0) is 56.6 Å². The first-order valence-electron chi connectivity index (χ1n) is 9.73. The van der Waals surface area contributed by atoms with Crippen molar-refractivity contribution in [2.75, 3.05) is 22.9 Å². The summed E-state index contributed by atoms with van der Waals surface area (Å²) in [6, 6.07) is 5.52. The number of amides is 3. The number of nitrogens with zero attached hydrogens (tertiary/aromatic N) is 2. The smallest absolute Gasteiger partial charge is 0.259 e. The van der Waals surface area contributed by atoms with Gasteiger partial charge in [0.15, 0.2) is 6.04 Å². The van der Waals surface area contributed by atoms with Gasteiger partial charge in [0.05, 0.1) is 17.4 Å². The molecule has 2 aliphatic carbocycles. The second-order valence-corrected chi connectivity index (χ2v) is 8.00. The Morgan fingerprint density at radius 1 is 1.04 bits per heavy atom. The first-order chi connectivity index (χ1) is 13.0. The zero-order chi connectivity index (χ0) is 19.1. The number of hydrogen-bond acceptors (Lipinski definition) is 4. The van der Waals surface area contributed by atoms with E-state index < -0.39 is 18.0 Å². The molecule has 8 heteroatoms. The number of nitrogens with one attached hydrogen (secondary N) is 1. The summed E-state index contributed by atoms with van der Waals surface area (Å²) in [5, 5.41) is 2.59. The van der Waals surface area contributed by atoms with Crippen molar-refractivity contribution in [3.63, 3.8) is 0 Å². The van der Waals surface area contributed by atoms with Gasteiger partial charge in [-0.15, -0.1) is 12.4 Å². The van der Waals surface area contributed by atoms with E-state index in [1.54, 1.807) is 16.7 Å². The van der Waals surface area contributed by atoms with E-state index in [-0.39, 0.29) is 24.2 Å². The molecule has 0 spiro atoms. The minimum atomic E-state index is -1.23. The van der Waals surface area contributed by atoms with E-state index in [4.69, 9.17) is 5.73 Å². The van der Waals surface area contributed by atoms with Crippen LogP contribution in [0.5, 0.6) is 0 Å².